The van der Waals surface area contributed by atoms with E-state index in [1.54, 1.807) is 12.5 Å². The molecule has 3 heteroatoms. The molecule has 0 fully saturated rings. The number of rotatable bonds is 0. The molecule has 0 atom stereocenters. The quantitative estimate of drug-likeness (QED) is 0.576. The summed E-state index contributed by atoms with van der Waals surface area (Å²) in [5.41, 5.74) is 0.703. The van der Waals surface area contributed by atoms with Crippen LogP contribution in [0.3, 0.4) is 0 Å². The first-order valence-corrected chi connectivity index (χ1v) is 3.63. The second kappa shape index (κ2) is 1.86. The van der Waals surface area contributed by atoms with E-state index < -0.39 is 0 Å². The molecule has 2 rings (SSSR count). The monoisotopic (exact) mass is 149 g/mol. The maximum atomic E-state index is 8.56. The first kappa shape index (κ1) is 5.51. The molecule has 0 aliphatic heterocycles. The minimum Gasteiger partial charge on any atom is -0.470 e. The summed E-state index contributed by atoms with van der Waals surface area (Å²) in [5, 5.41) is 11.3. The van der Waals surface area contributed by atoms with Gasteiger partial charge in [-0.2, -0.15) is 5.26 Å². The fraction of sp³-hybridized carbons (Fsp3) is 0. The Kier molecular flexibility index (Phi) is 1.02. The van der Waals surface area contributed by atoms with Crippen molar-refractivity contribution < 1.29 is 4.42 Å². The van der Waals surface area contributed by atoms with E-state index in [-0.39, 0.29) is 0 Å². The normalized spacial score (nSPS) is 9.90. The average Bonchev–Trinajstić information content (AvgIpc) is 2.44. The second-order valence-corrected chi connectivity index (χ2v) is 2.82. The van der Waals surface area contributed by atoms with Crippen molar-refractivity contribution in [2.24, 2.45) is 0 Å². The van der Waals surface area contributed by atoms with Crippen molar-refractivity contribution in [3.63, 3.8) is 0 Å². The highest BCUT2D eigenvalue weighted by Gasteiger charge is 2.03. The molecule has 0 bridgehead atoms. The SMILES string of the molecule is N#Cc1csc2cocc12. The molecular weight excluding hydrogens is 146 g/mol. The van der Waals surface area contributed by atoms with Gasteiger partial charge >= 0.3 is 0 Å². The van der Waals surface area contributed by atoms with Crippen molar-refractivity contribution in [3.05, 3.63) is 23.5 Å². The Morgan fingerprint density at radius 1 is 1.50 bits per heavy atom. The minimum absolute atomic E-state index is 0.703. The van der Waals surface area contributed by atoms with Crippen molar-refractivity contribution in [3.8, 4) is 6.07 Å². The van der Waals surface area contributed by atoms with Gasteiger partial charge in [-0.3, -0.25) is 0 Å². The number of nitrogens with zero attached hydrogens (tertiary/aromatic N) is 1. The molecule has 0 aliphatic rings. The van der Waals surface area contributed by atoms with Crippen molar-refractivity contribution in [2.75, 3.05) is 0 Å². The van der Waals surface area contributed by atoms with Crippen molar-refractivity contribution in [2.45, 2.75) is 0 Å². The third-order valence-corrected chi connectivity index (χ3v) is 2.26. The average molecular weight is 149 g/mol. The lowest BCUT2D eigenvalue weighted by molar-refractivity contribution is 0.572. The summed E-state index contributed by atoms with van der Waals surface area (Å²) in [4.78, 5) is 0. The Morgan fingerprint density at radius 3 is 3.20 bits per heavy atom. The van der Waals surface area contributed by atoms with Crippen molar-refractivity contribution in [1.82, 2.24) is 0 Å². The Bertz CT molecular complexity index is 393. The molecule has 0 aliphatic carbocycles. The van der Waals surface area contributed by atoms with Crippen LogP contribution < -0.4 is 0 Å². The lowest BCUT2D eigenvalue weighted by Gasteiger charge is -1.71. The van der Waals surface area contributed by atoms with E-state index in [4.69, 9.17) is 9.68 Å². The maximum Gasteiger partial charge on any atom is 0.108 e. The van der Waals surface area contributed by atoms with E-state index in [0.29, 0.717) is 5.56 Å². The van der Waals surface area contributed by atoms with Crippen LogP contribution in [0.4, 0.5) is 0 Å². The van der Waals surface area contributed by atoms with Crippen LogP contribution in [0.1, 0.15) is 5.56 Å². The van der Waals surface area contributed by atoms with Crippen LogP contribution in [0.25, 0.3) is 10.1 Å². The third kappa shape index (κ3) is 0.568. The molecule has 48 valence electrons. The van der Waals surface area contributed by atoms with Gasteiger partial charge < -0.3 is 4.42 Å². The molecule has 0 saturated carbocycles. The first-order chi connectivity index (χ1) is 4.92. The largest absolute Gasteiger partial charge is 0.470 e. The Balaban J connectivity index is 2.92. The van der Waals surface area contributed by atoms with E-state index in [0.717, 1.165) is 10.1 Å². The van der Waals surface area contributed by atoms with E-state index in [1.165, 1.54) is 11.3 Å². The van der Waals surface area contributed by atoms with E-state index >= 15 is 0 Å². The lowest BCUT2D eigenvalue weighted by atomic mass is 10.3. The summed E-state index contributed by atoms with van der Waals surface area (Å²) in [7, 11) is 0. The van der Waals surface area contributed by atoms with Gasteiger partial charge in [-0.1, -0.05) is 0 Å². The molecule has 0 spiro atoms. The zero-order chi connectivity index (χ0) is 6.97. The standard InChI is InChI=1S/C7H3NOS/c8-1-5-4-10-7-3-9-2-6(5)7/h2-4H. The van der Waals surface area contributed by atoms with Crippen molar-refractivity contribution >= 4 is 21.4 Å². The summed E-state index contributed by atoms with van der Waals surface area (Å²) in [6.07, 6.45) is 3.26. The second-order valence-electron chi connectivity index (χ2n) is 1.91. The molecule has 2 heterocycles. The molecule has 0 saturated heterocycles. The van der Waals surface area contributed by atoms with Gasteiger partial charge in [0.05, 0.1) is 10.3 Å². The molecule has 0 unspecified atom stereocenters. The molecule has 0 N–H and O–H groups in total. The summed E-state index contributed by atoms with van der Waals surface area (Å²) in [5.74, 6) is 0. The number of thiophene rings is 1. The van der Waals surface area contributed by atoms with Gasteiger partial charge in [0.1, 0.15) is 18.6 Å². The number of furan rings is 1. The summed E-state index contributed by atoms with van der Waals surface area (Å²) in [6.45, 7) is 0. The van der Waals surface area contributed by atoms with Crippen LogP contribution in [-0.2, 0) is 0 Å². The van der Waals surface area contributed by atoms with E-state index in [9.17, 15) is 0 Å². The van der Waals surface area contributed by atoms with Gasteiger partial charge in [0, 0.05) is 10.8 Å². The predicted octanol–water partition coefficient (Wildman–Crippen LogP) is 2.37. The van der Waals surface area contributed by atoms with E-state index in [1.807, 2.05) is 5.38 Å². The highest BCUT2D eigenvalue weighted by molar-refractivity contribution is 7.17. The van der Waals surface area contributed by atoms with Gasteiger partial charge in [-0.05, 0) is 0 Å². The number of hydrogen-bond donors (Lipinski definition) is 0. The number of nitriles is 1. The molecular formula is C7H3NOS. The topological polar surface area (TPSA) is 36.9 Å². The predicted molar refractivity (Wildman–Crippen MR) is 38.8 cm³/mol. The van der Waals surface area contributed by atoms with Gasteiger partial charge in [0.25, 0.3) is 0 Å². The molecule has 0 amide bonds. The fourth-order valence-corrected chi connectivity index (χ4v) is 1.67. The fourth-order valence-electron chi connectivity index (χ4n) is 0.845. The van der Waals surface area contributed by atoms with Crippen LogP contribution in [0.5, 0.6) is 0 Å². The molecule has 2 aromatic heterocycles. The minimum atomic E-state index is 0.703. The maximum absolute atomic E-state index is 8.56. The highest BCUT2D eigenvalue weighted by Crippen LogP contribution is 2.25. The Labute approximate surface area is 61.3 Å². The smallest absolute Gasteiger partial charge is 0.108 e. The van der Waals surface area contributed by atoms with E-state index in [2.05, 4.69) is 6.07 Å². The number of hydrogen-bond acceptors (Lipinski definition) is 3. The van der Waals surface area contributed by atoms with Gasteiger partial charge in [-0.25, -0.2) is 0 Å². The summed E-state index contributed by atoms with van der Waals surface area (Å²) < 4.78 is 5.95. The number of fused-ring (bicyclic) bond motifs is 1. The molecule has 10 heavy (non-hydrogen) atoms. The Hall–Kier alpha value is -1.27. The summed E-state index contributed by atoms with van der Waals surface area (Å²) >= 11 is 1.53. The molecule has 0 radical (unpaired) electrons. The molecule has 2 nitrogen and oxygen atoms in total. The zero-order valence-corrected chi connectivity index (χ0v) is 5.81. The van der Waals surface area contributed by atoms with Crippen LogP contribution in [0, 0.1) is 11.3 Å². The molecule has 0 aromatic carbocycles. The lowest BCUT2D eigenvalue weighted by Crippen LogP contribution is -1.60. The van der Waals surface area contributed by atoms with Gasteiger partial charge in [-0.15, -0.1) is 11.3 Å². The van der Waals surface area contributed by atoms with Gasteiger partial charge in [0.15, 0.2) is 0 Å². The molecule has 2 aromatic rings. The summed E-state index contributed by atoms with van der Waals surface area (Å²) in [6, 6.07) is 2.09. The van der Waals surface area contributed by atoms with Crippen LogP contribution in [0.2, 0.25) is 0 Å². The van der Waals surface area contributed by atoms with Crippen LogP contribution in [-0.4, -0.2) is 0 Å². The first-order valence-electron chi connectivity index (χ1n) is 2.75. The van der Waals surface area contributed by atoms with Crippen LogP contribution in [0.15, 0.2) is 22.3 Å². The highest BCUT2D eigenvalue weighted by atomic mass is 32.1. The van der Waals surface area contributed by atoms with Crippen LogP contribution >= 0.6 is 11.3 Å². The zero-order valence-electron chi connectivity index (χ0n) is 5.00. The third-order valence-electron chi connectivity index (χ3n) is 1.34. The Morgan fingerprint density at radius 2 is 2.40 bits per heavy atom. The van der Waals surface area contributed by atoms with Crippen molar-refractivity contribution in [1.29, 1.82) is 5.26 Å². The van der Waals surface area contributed by atoms with Gasteiger partial charge in [0.2, 0.25) is 0 Å².